The van der Waals surface area contributed by atoms with Gasteiger partial charge in [-0.1, -0.05) is 36.4 Å². The van der Waals surface area contributed by atoms with Gasteiger partial charge < -0.3 is 18.8 Å². The molecule has 1 saturated carbocycles. The van der Waals surface area contributed by atoms with Crippen molar-refractivity contribution in [3.8, 4) is 5.75 Å². The molecular weight excluding hydrogens is 418 g/mol. The fourth-order valence-electron chi connectivity index (χ4n) is 5.00. The third-order valence-corrected chi connectivity index (χ3v) is 6.96. The lowest BCUT2D eigenvalue weighted by molar-refractivity contribution is -0.149. The number of esters is 1. The van der Waals surface area contributed by atoms with E-state index in [-0.39, 0.29) is 29.4 Å². The molecule has 0 N–H and O–H groups in total. The molecule has 1 aromatic heterocycles. The molecule has 1 aliphatic heterocycles. The average Bonchev–Trinajstić information content (AvgIpc) is 2.84. The Balaban J connectivity index is 1.49. The van der Waals surface area contributed by atoms with Gasteiger partial charge in [0, 0.05) is 30.9 Å². The van der Waals surface area contributed by atoms with Crippen LogP contribution in [-0.4, -0.2) is 30.9 Å². The molecule has 0 unspecified atom stereocenters. The van der Waals surface area contributed by atoms with Gasteiger partial charge in [0.15, 0.2) is 0 Å². The van der Waals surface area contributed by atoms with E-state index in [4.69, 9.17) is 14.2 Å². The lowest BCUT2D eigenvalue weighted by Gasteiger charge is -2.38. The number of hydrogen-bond acceptors (Lipinski definition) is 5. The molecule has 1 aliphatic carbocycles. The maximum Gasteiger partial charge on any atom is 0.308 e. The number of methoxy groups -OCH3 is 1. The Bertz CT molecular complexity index is 1190. The van der Waals surface area contributed by atoms with E-state index in [1.54, 1.807) is 0 Å². The zero-order chi connectivity index (χ0) is 22.8. The van der Waals surface area contributed by atoms with Crippen molar-refractivity contribution in [3.63, 3.8) is 0 Å². The first-order valence-corrected chi connectivity index (χ1v) is 11.7. The summed E-state index contributed by atoms with van der Waals surface area (Å²) in [7, 11) is 1.42. The number of pyridine rings is 1. The monoisotopic (exact) mass is 447 g/mol. The molecule has 5 rings (SSSR count). The Labute approximate surface area is 193 Å². The van der Waals surface area contributed by atoms with E-state index in [0.29, 0.717) is 43.8 Å². The highest BCUT2D eigenvalue weighted by Crippen LogP contribution is 2.41. The fourth-order valence-corrected chi connectivity index (χ4v) is 5.00. The van der Waals surface area contributed by atoms with Crippen molar-refractivity contribution in [2.24, 2.45) is 5.92 Å². The molecular formula is C27H29NO5. The zero-order valence-corrected chi connectivity index (χ0v) is 18.9. The number of aromatic nitrogens is 1. The van der Waals surface area contributed by atoms with Crippen molar-refractivity contribution in [3.05, 3.63) is 76.2 Å². The van der Waals surface area contributed by atoms with Gasteiger partial charge in [-0.05, 0) is 54.8 Å². The van der Waals surface area contributed by atoms with Gasteiger partial charge in [0.2, 0.25) is 0 Å². The number of carbonyl (C=O) groups is 1. The predicted molar refractivity (Wildman–Crippen MR) is 126 cm³/mol. The predicted octanol–water partition coefficient (Wildman–Crippen LogP) is 4.60. The Morgan fingerprint density at radius 1 is 1.06 bits per heavy atom. The van der Waals surface area contributed by atoms with Crippen LogP contribution >= 0.6 is 0 Å². The largest absolute Gasteiger partial charge is 0.489 e. The van der Waals surface area contributed by atoms with E-state index in [1.165, 1.54) is 7.11 Å². The molecule has 6 heteroatoms. The van der Waals surface area contributed by atoms with Gasteiger partial charge in [-0.3, -0.25) is 9.59 Å². The first-order valence-electron chi connectivity index (χ1n) is 11.7. The van der Waals surface area contributed by atoms with Crippen LogP contribution in [0.5, 0.6) is 5.75 Å². The number of hydrogen-bond donors (Lipinski definition) is 0. The summed E-state index contributed by atoms with van der Waals surface area (Å²) in [6, 6.07) is 17.9. The van der Waals surface area contributed by atoms with Crippen LogP contribution in [0.3, 0.4) is 0 Å². The molecule has 2 heterocycles. The summed E-state index contributed by atoms with van der Waals surface area (Å²) < 4.78 is 18.4. The van der Waals surface area contributed by atoms with E-state index in [9.17, 15) is 9.59 Å². The summed E-state index contributed by atoms with van der Waals surface area (Å²) in [5, 5.41) is 1.58. The second-order valence-corrected chi connectivity index (χ2v) is 9.00. The van der Waals surface area contributed by atoms with E-state index in [0.717, 1.165) is 29.5 Å². The smallest absolute Gasteiger partial charge is 0.308 e. The van der Waals surface area contributed by atoms with E-state index in [1.807, 2.05) is 53.1 Å². The Morgan fingerprint density at radius 3 is 2.55 bits per heavy atom. The quantitative estimate of drug-likeness (QED) is 0.517. The molecule has 6 nitrogen and oxygen atoms in total. The highest BCUT2D eigenvalue weighted by molar-refractivity contribution is 5.83. The fraction of sp³-hybridized carbons (Fsp3) is 0.407. The lowest BCUT2D eigenvalue weighted by atomic mass is 9.79. The number of benzene rings is 2. The molecule has 33 heavy (non-hydrogen) atoms. The van der Waals surface area contributed by atoms with Crippen molar-refractivity contribution in [2.45, 2.75) is 44.2 Å². The van der Waals surface area contributed by atoms with Crippen LogP contribution in [0.1, 0.15) is 48.9 Å². The number of carbonyl (C=O) groups excluding carboxylic acids is 1. The van der Waals surface area contributed by atoms with Gasteiger partial charge in [0.05, 0.1) is 18.4 Å². The number of fused-ring (bicyclic) bond motifs is 1. The molecule has 0 radical (unpaired) electrons. The van der Waals surface area contributed by atoms with Gasteiger partial charge in [0.25, 0.3) is 5.56 Å². The molecule has 172 valence electrons. The van der Waals surface area contributed by atoms with Gasteiger partial charge in [-0.15, -0.1) is 0 Å². The number of ether oxygens (including phenoxy) is 3. The third-order valence-electron chi connectivity index (χ3n) is 6.96. The van der Waals surface area contributed by atoms with Crippen molar-refractivity contribution >= 4 is 16.7 Å². The van der Waals surface area contributed by atoms with Crippen LogP contribution in [0, 0.1) is 5.92 Å². The molecule has 0 atom stereocenters. The second-order valence-electron chi connectivity index (χ2n) is 9.00. The van der Waals surface area contributed by atoms with Crippen LogP contribution < -0.4 is 10.3 Å². The summed E-state index contributed by atoms with van der Waals surface area (Å²) in [5.74, 6) is 0.631. The number of rotatable bonds is 6. The maximum absolute atomic E-state index is 13.8. The molecule has 0 amide bonds. The topological polar surface area (TPSA) is 66.8 Å². The highest BCUT2D eigenvalue weighted by Gasteiger charge is 2.38. The molecule has 2 aliphatic rings. The maximum atomic E-state index is 13.8. The second kappa shape index (κ2) is 9.40. The first-order chi connectivity index (χ1) is 16.1. The minimum Gasteiger partial charge on any atom is -0.489 e. The summed E-state index contributed by atoms with van der Waals surface area (Å²) >= 11 is 0. The molecule has 0 spiro atoms. The van der Waals surface area contributed by atoms with Gasteiger partial charge in [-0.25, -0.2) is 0 Å². The van der Waals surface area contributed by atoms with Crippen LogP contribution in [0.4, 0.5) is 0 Å². The van der Waals surface area contributed by atoms with E-state index < -0.39 is 0 Å². The van der Waals surface area contributed by atoms with Crippen molar-refractivity contribution in [1.82, 2.24) is 4.57 Å². The highest BCUT2D eigenvalue weighted by atomic mass is 16.5. The van der Waals surface area contributed by atoms with Crippen molar-refractivity contribution in [1.29, 1.82) is 0 Å². The normalized spacial score (nSPS) is 20.9. The summed E-state index contributed by atoms with van der Waals surface area (Å²) in [4.78, 5) is 25.7. The van der Waals surface area contributed by atoms with Gasteiger partial charge in [0.1, 0.15) is 12.4 Å². The summed E-state index contributed by atoms with van der Waals surface area (Å²) in [5.41, 5.74) is 2.13. The van der Waals surface area contributed by atoms with Gasteiger partial charge >= 0.3 is 5.97 Å². The van der Waals surface area contributed by atoms with E-state index >= 15 is 0 Å². The lowest BCUT2D eigenvalue weighted by Crippen LogP contribution is -2.40. The SMILES string of the molecule is COC(=O)C1CC(n2c(C3CCOCC3)cc3ccc(OCc4ccccc4)cc3c2=O)C1. The van der Waals surface area contributed by atoms with Gasteiger partial charge in [-0.2, -0.15) is 0 Å². The Kier molecular flexibility index (Phi) is 6.18. The third kappa shape index (κ3) is 4.40. The molecule has 2 fully saturated rings. The van der Waals surface area contributed by atoms with Crippen molar-refractivity contribution < 1.29 is 19.0 Å². The molecule has 1 saturated heterocycles. The summed E-state index contributed by atoms with van der Waals surface area (Å²) in [6.07, 6.45) is 3.07. The molecule has 0 bridgehead atoms. The zero-order valence-electron chi connectivity index (χ0n) is 18.9. The Morgan fingerprint density at radius 2 is 1.82 bits per heavy atom. The first kappa shape index (κ1) is 21.7. The number of nitrogens with zero attached hydrogens (tertiary/aromatic N) is 1. The van der Waals surface area contributed by atoms with Crippen LogP contribution in [0.2, 0.25) is 0 Å². The van der Waals surface area contributed by atoms with Crippen LogP contribution in [0.15, 0.2) is 59.4 Å². The van der Waals surface area contributed by atoms with E-state index in [2.05, 4.69) is 6.07 Å². The average molecular weight is 448 g/mol. The standard InChI is InChI=1S/C27H29NO5/c1-31-27(30)21-13-22(14-21)28-25(19-9-11-32-12-10-19)15-20-7-8-23(16-24(20)26(28)29)33-17-18-5-3-2-4-6-18/h2-8,15-16,19,21-22H,9-14,17H2,1H3. The summed E-state index contributed by atoms with van der Waals surface area (Å²) in [6.45, 7) is 1.86. The minimum atomic E-state index is -0.190. The Hall–Kier alpha value is -3.12. The van der Waals surface area contributed by atoms with Crippen LogP contribution in [-0.2, 0) is 20.9 Å². The van der Waals surface area contributed by atoms with Crippen LogP contribution in [0.25, 0.3) is 10.8 Å². The molecule has 3 aromatic rings. The minimum absolute atomic E-state index is 0.00697. The van der Waals surface area contributed by atoms with Crippen molar-refractivity contribution in [2.75, 3.05) is 20.3 Å². The molecule has 2 aromatic carbocycles.